The van der Waals surface area contributed by atoms with Gasteiger partial charge in [-0.25, -0.2) is 21.5 Å². The van der Waals surface area contributed by atoms with Gasteiger partial charge >= 0.3 is 0 Å². The first-order valence-electron chi connectivity index (χ1n) is 8.65. The lowest BCUT2D eigenvalue weighted by molar-refractivity contribution is 0.472. The number of sulfonamides is 1. The number of halogens is 4. The SMILES string of the molecule is CS(=O)(=O)N1CC[C@H](N(Cc2c(F)ccc(F)c2Cl)c2ccc(C#N)c(Cl)c2)C1. The normalized spacial score (nSPS) is 17.3. The van der Waals surface area contributed by atoms with Crippen LogP contribution in [0.15, 0.2) is 30.3 Å². The zero-order valence-electron chi connectivity index (χ0n) is 15.4. The van der Waals surface area contributed by atoms with E-state index < -0.39 is 21.7 Å². The van der Waals surface area contributed by atoms with Crippen LogP contribution in [0.2, 0.25) is 10.0 Å². The quantitative estimate of drug-likeness (QED) is 0.628. The van der Waals surface area contributed by atoms with Gasteiger partial charge in [0, 0.05) is 36.9 Å². The highest BCUT2D eigenvalue weighted by Gasteiger charge is 2.33. The van der Waals surface area contributed by atoms with E-state index in [0.29, 0.717) is 18.7 Å². The van der Waals surface area contributed by atoms with Crippen LogP contribution in [0.5, 0.6) is 0 Å². The number of rotatable bonds is 5. The van der Waals surface area contributed by atoms with Gasteiger partial charge in [0.15, 0.2) is 0 Å². The number of hydrogen-bond donors (Lipinski definition) is 0. The molecule has 0 unspecified atom stereocenters. The summed E-state index contributed by atoms with van der Waals surface area (Å²) in [6.07, 6.45) is 1.61. The molecule has 10 heteroatoms. The maximum absolute atomic E-state index is 14.4. The summed E-state index contributed by atoms with van der Waals surface area (Å²) in [5, 5.41) is 8.97. The van der Waals surface area contributed by atoms with Crippen molar-refractivity contribution in [3.63, 3.8) is 0 Å². The minimum atomic E-state index is -3.39. The average molecular weight is 460 g/mol. The van der Waals surface area contributed by atoms with Crippen molar-refractivity contribution in [2.24, 2.45) is 0 Å². The number of nitrogens with zero attached hydrogens (tertiary/aromatic N) is 3. The molecule has 1 atom stereocenters. The Morgan fingerprint density at radius 2 is 1.93 bits per heavy atom. The van der Waals surface area contributed by atoms with Gasteiger partial charge < -0.3 is 4.90 Å². The molecule has 1 aliphatic rings. The lowest BCUT2D eigenvalue weighted by Crippen LogP contribution is -2.38. The zero-order chi connectivity index (χ0) is 21.3. The number of nitriles is 1. The van der Waals surface area contributed by atoms with Crippen molar-refractivity contribution in [1.29, 1.82) is 5.26 Å². The molecule has 2 aromatic rings. The molecule has 3 rings (SSSR count). The zero-order valence-corrected chi connectivity index (χ0v) is 17.7. The first-order valence-corrected chi connectivity index (χ1v) is 11.3. The second kappa shape index (κ2) is 8.44. The van der Waals surface area contributed by atoms with Gasteiger partial charge in [-0.05, 0) is 36.8 Å². The van der Waals surface area contributed by atoms with Crippen LogP contribution in [0.3, 0.4) is 0 Å². The maximum atomic E-state index is 14.4. The van der Waals surface area contributed by atoms with Crippen LogP contribution in [-0.4, -0.2) is 38.1 Å². The number of anilines is 1. The van der Waals surface area contributed by atoms with Gasteiger partial charge in [0.25, 0.3) is 0 Å². The van der Waals surface area contributed by atoms with Crippen molar-refractivity contribution in [3.05, 3.63) is 63.1 Å². The van der Waals surface area contributed by atoms with Crippen LogP contribution in [0.25, 0.3) is 0 Å². The molecule has 2 aromatic carbocycles. The molecular weight excluding hydrogens is 443 g/mol. The summed E-state index contributed by atoms with van der Waals surface area (Å²) in [7, 11) is -3.39. The van der Waals surface area contributed by atoms with E-state index in [1.54, 1.807) is 17.0 Å². The van der Waals surface area contributed by atoms with E-state index in [1.807, 2.05) is 6.07 Å². The molecule has 1 heterocycles. The molecule has 1 saturated heterocycles. The highest BCUT2D eigenvalue weighted by Crippen LogP contribution is 2.32. The lowest BCUT2D eigenvalue weighted by Gasteiger charge is -2.32. The summed E-state index contributed by atoms with van der Waals surface area (Å²) in [4.78, 5) is 1.74. The molecule has 1 fully saturated rings. The minimum absolute atomic E-state index is 0.0371. The van der Waals surface area contributed by atoms with Gasteiger partial charge in [-0.2, -0.15) is 5.26 Å². The van der Waals surface area contributed by atoms with Crippen molar-refractivity contribution in [1.82, 2.24) is 4.31 Å². The number of hydrogen-bond acceptors (Lipinski definition) is 4. The second-order valence-electron chi connectivity index (χ2n) is 6.79. The fourth-order valence-corrected chi connectivity index (χ4v) is 4.67. The number of benzene rings is 2. The van der Waals surface area contributed by atoms with Gasteiger partial charge in [-0.1, -0.05) is 23.2 Å². The molecule has 0 radical (unpaired) electrons. The van der Waals surface area contributed by atoms with Gasteiger partial charge in [0.1, 0.15) is 17.7 Å². The third-order valence-electron chi connectivity index (χ3n) is 4.91. The molecule has 29 heavy (non-hydrogen) atoms. The Labute approximate surface area is 178 Å². The minimum Gasteiger partial charge on any atom is -0.363 e. The summed E-state index contributed by atoms with van der Waals surface area (Å²) in [6.45, 7) is 0.404. The Bertz CT molecular complexity index is 1090. The van der Waals surface area contributed by atoms with Crippen LogP contribution >= 0.6 is 23.2 Å². The Morgan fingerprint density at radius 3 is 2.52 bits per heavy atom. The Balaban J connectivity index is 2.02. The van der Waals surface area contributed by atoms with E-state index in [4.69, 9.17) is 28.5 Å². The Morgan fingerprint density at radius 1 is 1.24 bits per heavy atom. The molecule has 0 N–H and O–H groups in total. The van der Waals surface area contributed by atoms with Crippen molar-refractivity contribution < 1.29 is 17.2 Å². The van der Waals surface area contributed by atoms with Gasteiger partial charge in [0.05, 0.1) is 21.9 Å². The van der Waals surface area contributed by atoms with Crippen molar-refractivity contribution in [2.75, 3.05) is 24.2 Å². The smallest absolute Gasteiger partial charge is 0.211 e. The van der Waals surface area contributed by atoms with E-state index in [-0.39, 0.29) is 40.3 Å². The van der Waals surface area contributed by atoms with Crippen LogP contribution in [0.1, 0.15) is 17.5 Å². The highest BCUT2D eigenvalue weighted by molar-refractivity contribution is 7.88. The fraction of sp³-hybridized carbons (Fsp3) is 0.316. The van der Waals surface area contributed by atoms with Crippen LogP contribution in [0, 0.1) is 23.0 Å². The largest absolute Gasteiger partial charge is 0.363 e. The summed E-state index contributed by atoms with van der Waals surface area (Å²) >= 11 is 12.2. The van der Waals surface area contributed by atoms with Crippen molar-refractivity contribution in [2.45, 2.75) is 19.0 Å². The first-order chi connectivity index (χ1) is 13.6. The summed E-state index contributed by atoms with van der Waals surface area (Å²) < 4.78 is 53.5. The standard InChI is InChI=1S/C19H17Cl2F2N3O2S/c1-29(27,28)25-7-6-14(10-25)26(13-3-2-12(9-24)16(20)8-13)11-15-17(22)4-5-18(23)19(15)21/h2-5,8,14H,6-7,10-11H2,1H3/t14-/m0/s1. The molecule has 0 spiro atoms. The van der Waals surface area contributed by atoms with Crippen molar-refractivity contribution >= 4 is 38.9 Å². The predicted molar refractivity (Wildman–Crippen MR) is 109 cm³/mol. The molecule has 5 nitrogen and oxygen atoms in total. The van der Waals surface area contributed by atoms with E-state index in [9.17, 15) is 17.2 Å². The highest BCUT2D eigenvalue weighted by atomic mass is 35.5. The summed E-state index contributed by atoms with van der Waals surface area (Å²) in [5.74, 6) is -1.41. The fourth-order valence-electron chi connectivity index (χ4n) is 3.36. The third-order valence-corrected chi connectivity index (χ3v) is 6.90. The van der Waals surface area contributed by atoms with Crippen LogP contribution in [0.4, 0.5) is 14.5 Å². The lowest BCUT2D eigenvalue weighted by atomic mass is 10.1. The Hall–Kier alpha value is -1.92. The van der Waals surface area contributed by atoms with E-state index in [2.05, 4.69) is 0 Å². The van der Waals surface area contributed by atoms with E-state index >= 15 is 0 Å². The topological polar surface area (TPSA) is 64.4 Å². The monoisotopic (exact) mass is 459 g/mol. The molecule has 154 valence electrons. The molecule has 0 bridgehead atoms. The van der Waals surface area contributed by atoms with E-state index in [1.165, 1.54) is 10.4 Å². The molecule has 1 aliphatic heterocycles. The van der Waals surface area contributed by atoms with Gasteiger partial charge in [-0.3, -0.25) is 0 Å². The second-order valence-corrected chi connectivity index (χ2v) is 9.56. The summed E-state index contributed by atoms with van der Waals surface area (Å²) in [6, 6.07) is 8.31. The molecule has 0 aromatic heterocycles. The Kier molecular flexibility index (Phi) is 6.34. The summed E-state index contributed by atoms with van der Waals surface area (Å²) in [5.41, 5.74) is 0.786. The average Bonchev–Trinajstić information content (AvgIpc) is 3.15. The maximum Gasteiger partial charge on any atom is 0.211 e. The third kappa shape index (κ3) is 4.64. The molecular formula is C19H17Cl2F2N3O2S. The van der Waals surface area contributed by atoms with Crippen LogP contribution in [-0.2, 0) is 16.6 Å². The van der Waals surface area contributed by atoms with Crippen molar-refractivity contribution in [3.8, 4) is 6.07 Å². The van der Waals surface area contributed by atoms with Gasteiger partial charge in [0.2, 0.25) is 10.0 Å². The first kappa shape index (κ1) is 21.8. The predicted octanol–water partition coefficient (Wildman–Crippen LogP) is 4.18. The molecule has 0 aliphatic carbocycles. The van der Waals surface area contributed by atoms with E-state index in [0.717, 1.165) is 18.4 Å². The molecule has 0 saturated carbocycles. The molecule has 0 amide bonds. The van der Waals surface area contributed by atoms with Crippen LogP contribution < -0.4 is 4.90 Å². The van der Waals surface area contributed by atoms with Gasteiger partial charge in [-0.15, -0.1) is 0 Å².